The summed E-state index contributed by atoms with van der Waals surface area (Å²) < 4.78 is 34.5. The van der Waals surface area contributed by atoms with E-state index in [1.54, 1.807) is 43.9 Å². The monoisotopic (exact) mass is 812 g/mol. The lowest BCUT2D eigenvalue weighted by Gasteiger charge is -2.35. The number of alkyl carbamates (subject to hydrolysis) is 1. The smallest absolute Gasteiger partial charge is 0.408 e. The van der Waals surface area contributed by atoms with E-state index in [-0.39, 0.29) is 31.1 Å². The third kappa shape index (κ3) is 7.82. The number of hydrogen-bond donors (Lipinski definition) is 3. The molecule has 3 aromatic rings. The van der Waals surface area contributed by atoms with Gasteiger partial charge in [-0.05, 0) is 50.4 Å². The van der Waals surface area contributed by atoms with Crippen molar-refractivity contribution < 1.29 is 32.3 Å². The van der Waals surface area contributed by atoms with Crippen LogP contribution in [0.2, 0.25) is 0 Å². The van der Waals surface area contributed by atoms with Crippen LogP contribution < -0.4 is 20.9 Å². The van der Waals surface area contributed by atoms with E-state index in [0.717, 1.165) is 25.7 Å². The maximum Gasteiger partial charge on any atom is 0.408 e. The lowest BCUT2D eigenvalue weighted by atomic mass is 9.85. The van der Waals surface area contributed by atoms with Gasteiger partial charge in [-0.15, -0.1) is 29.3 Å². The molecule has 3 saturated carbocycles. The van der Waals surface area contributed by atoms with Crippen molar-refractivity contribution in [1.82, 2.24) is 40.0 Å². The second kappa shape index (κ2) is 14.9. The summed E-state index contributed by atoms with van der Waals surface area (Å²) in [7, 11) is -3.94. The molecule has 1 aliphatic heterocycles. The predicted octanol–water partition coefficient (Wildman–Crippen LogP) is 3.39. The maximum absolute atomic E-state index is 14.7. The molecule has 3 N–H and O–H groups in total. The number of hydrogen-bond acceptors (Lipinski definition) is 13. The quantitative estimate of drug-likeness (QED) is 0.226. The van der Waals surface area contributed by atoms with Gasteiger partial charge in [0.05, 0.1) is 23.1 Å². The highest BCUT2D eigenvalue weighted by Gasteiger charge is 2.62. The second-order valence-corrected chi connectivity index (χ2v) is 19.4. The molecule has 7 rings (SSSR count). The van der Waals surface area contributed by atoms with Crippen LogP contribution >= 0.6 is 22.7 Å². The average molecular weight is 813 g/mol. The topological polar surface area (TPSA) is 212 Å². The van der Waals surface area contributed by atoms with Crippen LogP contribution in [0.25, 0.3) is 21.1 Å². The number of carbonyl (C=O) groups is 4. The third-order valence-corrected chi connectivity index (χ3v) is 14.1. The van der Waals surface area contributed by atoms with Gasteiger partial charge in [-0.1, -0.05) is 26.8 Å². The Bertz CT molecular complexity index is 2140. The third-order valence-electron chi connectivity index (χ3n) is 10.7. The second-order valence-electron chi connectivity index (χ2n) is 15.7. The van der Waals surface area contributed by atoms with Crippen LogP contribution in [-0.4, -0.2) is 92.4 Å². The SMILES string of the molecule is C=C[C@@H]1C[C@]1(NC(=O)[C@@H]1C[C@@H](n2ncc(-c3nccs3)c(-c3nccs3)c2=O)CN1C(=O)[C@@H](NC(=O)OC1CCCC1)C(C)(C)C)C(=O)NS(=O)(=O)C1CC1. The molecule has 19 heteroatoms. The zero-order valence-corrected chi connectivity index (χ0v) is 33.2. The number of thiazole rings is 2. The van der Waals surface area contributed by atoms with Crippen molar-refractivity contribution in [1.29, 1.82) is 0 Å². The highest BCUT2D eigenvalue weighted by molar-refractivity contribution is 7.91. The number of aromatic nitrogens is 4. The van der Waals surface area contributed by atoms with Crippen molar-refractivity contribution in [2.24, 2.45) is 11.3 Å². The molecule has 294 valence electrons. The molecule has 55 heavy (non-hydrogen) atoms. The van der Waals surface area contributed by atoms with Crippen LogP contribution in [0.1, 0.15) is 78.2 Å². The van der Waals surface area contributed by atoms with E-state index in [2.05, 4.69) is 37.0 Å². The number of rotatable bonds is 12. The van der Waals surface area contributed by atoms with E-state index in [9.17, 15) is 32.4 Å². The normalized spacial score (nSPS) is 24.6. The van der Waals surface area contributed by atoms with Crippen molar-refractivity contribution in [3.05, 3.63) is 52.4 Å². The summed E-state index contributed by atoms with van der Waals surface area (Å²) in [6.07, 6.45) is 9.42. The van der Waals surface area contributed by atoms with Gasteiger partial charge in [0.2, 0.25) is 21.8 Å². The molecule has 3 aromatic heterocycles. The van der Waals surface area contributed by atoms with Gasteiger partial charge in [0, 0.05) is 47.6 Å². The molecular weight excluding hydrogens is 769 g/mol. The number of nitrogens with one attached hydrogen (secondary N) is 3. The number of ether oxygens (including phenoxy) is 1. The molecule has 0 unspecified atom stereocenters. The summed E-state index contributed by atoms with van der Waals surface area (Å²) in [6.45, 7) is 8.94. The summed E-state index contributed by atoms with van der Waals surface area (Å²) in [5.41, 5.74) is -2.20. The Hall–Kier alpha value is -4.49. The van der Waals surface area contributed by atoms with Crippen LogP contribution in [0.15, 0.2) is 46.8 Å². The van der Waals surface area contributed by atoms with Crippen molar-refractivity contribution in [2.75, 3.05) is 6.54 Å². The molecule has 4 aliphatic rings. The minimum atomic E-state index is -3.94. The van der Waals surface area contributed by atoms with E-state index in [0.29, 0.717) is 28.4 Å². The number of carbonyl (C=O) groups excluding carboxylic acids is 4. The first kappa shape index (κ1) is 38.8. The van der Waals surface area contributed by atoms with E-state index in [1.807, 2.05) is 0 Å². The molecule has 4 fully saturated rings. The summed E-state index contributed by atoms with van der Waals surface area (Å²) >= 11 is 2.61. The minimum absolute atomic E-state index is 0.0847. The number of sulfonamides is 1. The fourth-order valence-electron chi connectivity index (χ4n) is 7.43. The number of likely N-dealkylation sites (tertiary alicyclic amines) is 1. The van der Waals surface area contributed by atoms with Gasteiger partial charge in [-0.2, -0.15) is 5.10 Å². The maximum atomic E-state index is 14.7. The molecule has 16 nitrogen and oxygen atoms in total. The molecule has 4 heterocycles. The highest BCUT2D eigenvalue weighted by atomic mass is 32.2. The summed E-state index contributed by atoms with van der Waals surface area (Å²) in [5, 5.41) is 13.9. The van der Waals surface area contributed by atoms with E-state index < -0.39 is 79.6 Å². The van der Waals surface area contributed by atoms with Crippen molar-refractivity contribution in [3.63, 3.8) is 0 Å². The van der Waals surface area contributed by atoms with Crippen LogP contribution in [-0.2, 0) is 29.1 Å². The molecule has 0 radical (unpaired) electrons. The lowest BCUT2D eigenvalue weighted by molar-refractivity contribution is -0.142. The Morgan fingerprint density at radius 3 is 2.31 bits per heavy atom. The molecular formula is C36H44N8O8S3. The Morgan fingerprint density at radius 1 is 1.05 bits per heavy atom. The first-order valence-electron chi connectivity index (χ1n) is 18.3. The Balaban J connectivity index is 1.23. The van der Waals surface area contributed by atoms with Gasteiger partial charge in [0.25, 0.3) is 11.5 Å². The van der Waals surface area contributed by atoms with Gasteiger partial charge in [0.15, 0.2) is 0 Å². The molecule has 0 spiro atoms. The number of nitrogens with zero attached hydrogens (tertiary/aromatic N) is 5. The van der Waals surface area contributed by atoms with Crippen molar-refractivity contribution in [2.45, 2.75) is 107 Å². The van der Waals surface area contributed by atoms with E-state index >= 15 is 0 Å². The van der Waals surface area contributed by atoms with Gasteiger partial charge in [0.1, 0.15) is 33.7 Å². The zero-order chi connectivity index (χ0) is 39.3. The van der Waals surface area contributed by atoms with Gasteiger partial charge in [-0.3, -0.25) is 23.9 Å². The molecule has 0 bridgehead atoms. The van der Waals surface area contributed by atoms with Crippen molar-refractivity contribution >= 4 is 56.5 Å². The molecule has 5 atom stereocenters. The van der Waals surface area contributed by atoms with Crippen LogP contribution in [0, 0.1) is 11.3 Å². The largest absolute Gasteiger partial charge is 0.446 e. The Kier molecular flexibility index (Phi) is 10.5. The van der Waals surface area contributed by atoms with Gasteiger partial charge >= 0.3 is 6.09 Å². The zero-order valence-electron chi connectivity index (χ0n) is 30.7. The molecule has 4 amide bonds. The first-order chi connectivity index (χ1) is 26.1. The van der Waals surface area contributed by atoms with Crippen LogP contribution in [0.4, 0.5) is 4.79 Å². The van der Waals surface area contributed by atoms with Crippen molar-refractivity contribution in [3.8, 4) is 21.1 Å². The molecule has 0 aromatic carbocycles. The summed E-state index contributed by atoms with van der Waals surface area (Å²) in [6, 6.07) is -3.22. The fraction of sp³-hybridized carbons (Fsp3) is 0.556. The standard InChI is InChI=1S/C36H44N8O8S3/c1-5-20-17-36(20,33(48)42-55(50,51)23-10-11-23)41-28(45)25-16-21(19-43(25)32(47)27(35(2,3)4)40-34(49)52-22-8-6-7-9-22)44-31(46)26(30-38-13-15-54-30)24(18-39-44)29-37-12-14-53-29/h5,12-15,18,20-23,25,27H,1,6-11,16-17,19H2,2-4H3,(H,40,49)(H,41,45)(H,42,48)/t20-,21-,25+,27-,36-/m1/s1. The lowest BCUT2D eigenvalue weighted by Crippen LogP contribution is -2.60. The van der Waals surface area contributed by atoms with Crippen LogP contribution in [0.3, 0.4) is 0 Å². The van der Waals surface area contributed by atoms with E-state index in [4.69, 9.17) is 4.74 Å². The predicted molar refractivity (Wildman–Crippen MR) is 204 cm³/mol. The fourth-order valence-corrected chi connectivity index (χ4v) is 10.1. The van der Waals surface area contributed by atoms with Gasteiger partial charge < -0.3 is 20.3 Å². The highest BCUT2D eigenvalue weighted by Crippen LogP contribution is 2.46. The van der Waals surface area contributed by atoms with Crippen LogP contribution in [0.5, 0.6) is 0 Å². The number of amides is 4. The first-order valence-corrected chi connectivity index (χ1v) is 21.6. The molecule has 1 saturated heterocycles. The Labute approximate surface area is 326 Å². The average Bonchev–Trinajstić information content (AvgIpc) is 3.66. The molecule has 3 aliphatic carbocycles. The van der Waals surface area contributed by atoms with Gasteiger partial charge in [-0.25, -0.2) is 27.9 Å². The Morgan fingerprint density at radius 2 is 1.73 bits per heavy atom. The minimum Gasteiger partial charge on any atom is -0.446 e. The summed E-state index contributed by atoms with van der Waals surface area (Å²) in [4.78, 5) is 80.3. The van der Waals surface area contributed by atoms with E-state index in [1.165, 1.54) is 44.5 Å². The summed E-state index contributed by atoms with van der Waals surface area (Å²) in [5.74, 6) is -2.77.